The maximum Gasteiger partial charge on any atom is 0.227 e. The number of sulfonamides is 1. The second kappa shape index (κ2) is 10.9. The van der Waals surface area contributed by atoms with Crippen molar-refractivity contribution in [2.45, 2.75) is 18.6 Å². The Labute approximate surface area is 214 Å². The lowest BCUT2D eigenvalue weighted by Gasteiger charge is -2.30. The van der Waals surface area contributed by atoms with E-state index in [0.717, 1.165) is 0 Å². The molecule has 0 aliphatic carbocycles. The first kappa shape index (κ1) is 25.4. The van der Waals surface area contributed by atoms with Crippen molar-refractivity contribution in [2.24, 2.45) is 5.92 Å². The molecule has 1 aliphatic heterocycles. The second-order valence-electron chi connectivity index (χ2n) is 8.40. The fourth-order valence-corrected chi connectivity index (χ4v) is 6.14. The van der Waals surface area contributed by atoms with E-state index < -0.39 is 10.0 Å². The SMILES string of the molecule is O=C(c1ccccc1)c1cc(Cl)ccc1NC(=O)C1CCN(S(=O)(=O)Cc2ccccc2Cl)CC1. The van der Waals surface area contributed by atoms with Crippen molar-refractivity contribution >= 4 is 50.6 Å². The minimum Gasteiger partial charge on any atom is -0.325 e. The highest BCUT2D eigenvalue weighted by molar-refractivity contribution is 7.88. The fourth-order valence-electron chi connectivity index (χ4n) is 4.09. The summed E-state index contributed by atoms with van der Waals surface area (Å²) in [5.74, 6) is -1.06. The van der Waals surface area contributed by atoms with Crippen LogP contribution in [-0.4, -0.2) is 37.5 Å². The van der Waals surface area contributed by atoms with Crippen LogP contribution in [0, 0.1) is 5.92 Å². The van der Waals surface area contributed by atoms with Crippen LogP contribution in [0.4, 0.5) is 5.69 Å². The van der Waals surface area contributed by atoms with Gasteiger partial charge in [-0.25, -0.2) is 12.7 Å². The first-order valence-electron chi connectivity index (χ1n) is 11.2. The summed E-state index contributed by atoms with van der Waals surface area (Å²) in [7, 11) is -3.56. The maximum atomic E-state index is 13.0. The molecule has 1 N–H and O–H groups in total. The summed E-state index contributed by atoms with van der Waals surface area (Å²) in [4.78, 5) is 26.0. The highest BCUT2D eigenvalue weighted by Gasteiger charge is 2.32. The molecule has 0 unspecified atom stereocenters. The zero-order chi connectivity index (χ0) is 25.0. The van der Waals surface area contributed by atoms with Gasteiger partial charge < -0.3 is 5.32 Å². The minimum atomic E-state index is -3.56. The molecule has 1 amide bonds. The predicted octanol–water partition coefficient (Wildman–Crippen LogP) is 5.40. The number of hydrogen-bond acceptors (Lipinski definition) is 4. The van der Waals surface area contributed by atoms with Crippen molar-refractivity contribution in [1.82, 2.24) is 4.31 Å². The lowest BCUT2D eigenvalue weighted by Crippen LogP contribution is -2.42. The molecule has 1 aliphatic rings. The Balaban J connectivity index is 1.42. The Morgan fingerprint density at radius 3 is 2.26 bits per heavy atom. The van der Waals surface area contributed by atoms with E-state index in [1.165, 1.54) is 10.4 Å². The third-order valence-electron chi connectivity index (χ3n) is 6.03. The molecule has 3 aromatic carbocycles. The number of halogens is 2. The Bertz CT molecular complexity index is 1340. The van der Waals surface area contributed by atoms with E-state index >= 15 is 0 Å². The number of nitrogens with zero attached hydrogens (tertiary/aromatic N) is 1. The van der Waals surface area contributed by atoms with Gasteiger partial charge in [0.2, 0.25) is 15.9 Å². The molecule has 35 heavy (non-hydrogen) atoms. The van der Waals surface area contributed by atoms with E-state index in [-0.39, 0.29) is 36.5 Å². The summed E-state index contributed by atoms with van der Waals surface area (Å²) >= 11 is 12.3. The van der Waals surface area contributed by atoms with Gasteiger partial charge >= 0.3 is 0 Å². The number of amides is 1. The van der Waals surface area contributed by atoms with Crippen LogP contribution in [-0.2, 0) is 20.6 Å². The standard InChI is InChI=1S/C26H24Cl2N2O4S/c27-21-10-11-24(22(16-21)25(31)18-6-2-1-3-7-18)29-26(32)19-12-14-30(15-13-19)35(33,34)17-20-8-4-5-9-23(20)28/h1-11,16,19H,12-15,17H2,(H,29,32). The number of hydrogen-bond donors (Lipinski definition) is 1. The number of carbonyl (C=O) groups excluding carboxylic acids is 2. The molecule has 1 saturated heterocycles. The average molecular weight is 531 g/mol. The van der Waals surface area contributed by atoms with Crippen LogP contribution in [0.1, 0.15) is 34.3 Å². The second-order valence-corrected chi connectivity index (χ2v) is 11.2. The molecule has 9 heteroatoms. The molecular weight excluding hydrogens is 507 g/mol. The number of benzene rings is 3. The largest absolute Gasteiger partial charge is 0.325 e. The lowest BCUT2D eigenvalue weighted by molar-refractivity contribution is -0.120. The van der Waals surface area contributed by atoms with Crippen LogP contribution in [0.5, 0.6) is 0 Å². The van der Waals surface area contributed by atoms with Crippen molar-refractivity contribution in [3.8, 4) is 0 Å². The molecule has 1 fully saturated rings. The van der Waals surface area contributed by atoms with E-state index in [1.54, 1.807) is 60.7 Å². The van der Waals surface area contributed by atoms with Crippen molar-refractivity contribution in [3.63, 3.8) is 0 Å². The third kappa shape index (κ3) is 6.11. The molecule has 0 spiro atoms. The number of piperidine rings is 1. The van der Waals surface area contributed by atoms with Crippen molar-refractivity contribution in [1.29, 1.82) is 0 Å². The van der Waals surface area contributed by atoms with Gasteiger partial charge in [-0.15, -0.1) is 0 Å². The van der Waals surface area contributed by atoms with Crippen molar-refractivity contribution < 1.29 is 18.0 Å². The van der Waals surface area contributed by atoms with E-state index in [0.29, 0.717) is 45.3 Å². The molecular formula is C26H24Cl2N2O4S. The number of carbonyl (C=O) groups is 2. The van der Waals surface area contributed by atoms with Gasteiger partial charge in [0.05, 0.1) is 11.4 Å². The summed E-state index contributed by atoms with van der Waals surface area (Å²) < 4.78 is 27.2. The van der Waals surface area contributed by atoms with Gasteiger partial charge in [0, 0.05) is 40.2 Å². The highest BCUT2D eigenvalue weighted by Crippen LogP contribution is 2.28. The van der Waals surface area contributed by atoms with E-state index in [9.17, 15) is 18.0 Å². The van der Waals surface area contributed by atoms with Gasteiger partial charge in [-0.1, -0.05) is 71.7 Å². The quantitative estimate of drug-likeness (QED) is 0.414. The molecule has 3 aromatic rings. The smallest absolute Gasteiger partial charge is 0.227 e. The Morgan fingerprint density at radius 1 is 0.914 bits per heavy atom. The maximum absolute atomic E-state index is 13.0. The topological polar surface area (TPSA) is 83.6 Å². The molecule has 0 bridgehead atoms. The van der Waals surface area contributed by atoms with Crippen molar-refractivity contribution in [2.75, 3.05) is 18.4 Å². The molecule has 0 aromatic heterocycles. The molecule has 1 heterocycles. The Hall–Kier alpha value is -2.71. The van der Waals surface area contributed by atoms with Crippen LogP contribution in [0.2, 0.25) is 10.0 Å². The first-order valence-corrected chi connectivity index (χ1v) is 13.5. The summed E-state index contributed by atoms with van der Waals surface area (Å²) in [6.07, 6.45) is 0.756. The van der Waals surface area contributed by atoms with Gasteiger partial charge in [0.1, 0.15) is 0 Å². The summed E-state index contributed by atoms with van der Waals surface area (Å²) in [5, 5.41) is 3.65. The average Bonchev–Trinajstić information content (AvgIpc) is 2.86. The van der Waals surface area contributed by atoms with E-state index in [4.69, 9.17) is 23.2 Å². The minimum absolute atomic E-state index is 0.181. The first-order chi connectivity index (χ1) is 16.7. The molecule has 0 saturated carbocycles. The van der Waals surface area contributed by atoms with Crippen LogP contribution < -0.4 is 5.32 Å². The van der Waals surface area contributed by atoms with Gasteiger partial charge in [-0.3, -0.25) is 9.59 Å². The van der Waals surface area contributed by atoms with E-state index in [2.05, 4.69) is 5.32 Å². The third-order valence-corrected chi connectivity index (χ3v) is 8.47. The van der Waals surface area contributed by atoms with E-state index in [1.807, 2.05) is 6.07 Å². The lowest BCUT2D eigenvalue weighted by atomic mass is 9.96. The monoisotopic (exact) mass is 530 g/mol. The van der Waals surface area contributed by atoms with Gasteiger partial charge in [0.25, 0.3) is 0 Å². The zero-order valence-electron chi connectivity index (χ0n) is 18.8. The summed E-state index contributed by atoms with van der Waals surface area (Å²) in [5.41, 5.74) is 1.72. The normalized spacial score (nSPS) is 15.0. The van der Waals surface area contributed by atoms with Gasteiger partial charge in [-0.2, -0.15) is 0 Å². The predicted molar refractivity (Wildman–Crippen MR) is 138 cm³/mol. The van der Waals surface area contributed by atoms with Crippen LogP contribution in [0.25, 0.3) is 0 Å². The number of anilines is 1. The number of ketones is 1. The van der Waals surface area contributed by atoms with Crippen LogP contribution in [0.3, 0.4) is 0 Å². The molecule has 182 valence electrons. The molecule has 6 nitrogen and oxygen atoms in total. The molecule has 0 radical (unpaired) electrons. The zero-order valence-corrected chi connectivity index (χ0v) is 21.1. The summed E-state index contributed by atoms with van der Waals surface area (Å²) in [6.45, 7) is 0.475. The van der Waals surface area contributed by atoms with Crippen LogP contribution in [0.15, 0.2) is 72.8 Å². The fraction of sp³-hybridized carbons (Fsp3) is 0.231. The number of rotatable bonds is 7. The summed E-state index contributed by atoms with van der Waals surface area (Å²) in [6, 6.07) is 20.4. The van der Waals surface area contributed by atoms with Crippen molar-refractivity contribution in [3.05, 3.63) is 99.5 Å². The number of nitrogens with one attached hydrogen (secondary N) is 1. The Kier molecular flexibility index (Phi) is 7.91. The van der Waals surface area contributed by atoms with Gasteiger partial charge in [-0.05, 0) is 42.7 Å². The molecule has 0 atom stereocenters. The Morgan fingerprint density at radius 2 is 1.57 bits per heavy atom. The van der Waals surface area contributed by atoms with Gasteiger partial charge in [0.15, 0.2) is 5.78 Å². The van der Waals surface area contributed by atoms with Crippen LogP contribution >= 0.6 is 23.2 Å². The highest BCUT2D eigenvalue weighted by atomic mass is 35.5. The molecule has 4 rings (SSSR count).